The third-order valence-electron chi connectivity index (χ3n) is 2.74. The highest BCUT2D eigenvalue weighted by Gasteiger charge is 2.18. The van der Waals surface area contributed by atoms with E-state index in [0.717, 1.165) is 26.3 Å². The van der Waals surface area contributed by atoms with Crippen molar-refractivity contribution in [3.63, 3.8) is 0 Å². The fourth-order valence-corrected chi connectivity index (χ4v) is 3.40. The fourth-order valence-electron chi connectivity index (χ4n) is 2.14. The van der Waals surface area contributed by atoms with Gasteiger partial charge >= 0.3 is 0 Å². The number of hydrogen-bond acceptors (Lipinski definition) is 3. The van der Waals surface area contributed by atoms with Gasteiger partial charge in [-0.2, -0.15) is 0 Å². The second kappa shape index (κ2) is 4.88. The molecule has 2 rings (SSSR count). The molecule has 0 aliphatic heterocycles. The first-order chi connectivity index (χ1) is 7.99. The highest BCUT2D eigenvalue weighted by molar-refractivity contribution is 9.10. The van der Waals surface area contributed by atoms with Gasteiger partial charge in [-0.1, -0.05) is 17.7 Å². The number of benzene rings is 1. The Morgan fingerprint density at radius 2 is 1.82 bits per heavy atom. The van der Waals surface area contributed by atoms with Crippen LogP contribution in [0.2, 0.25) is 0 Å². The predicted molar refractivity (Wildman–Crippen MR) is 74.5 cm³/mol. The minimum absolute atomic E-state index is 0.633. The van der Waals surface area contributed by atoms with Crippen molar-refractivity contribution in [2.24, 2.45) is 0 Å². The van der Waals surface area contributed by atoms with Gasteiger partial charge in [0, 0.05) is 5.38 Å². The van der Waals surface area contributed by atoms with Crippen molar-refractivity contribution in [3.05, 3.63) is 49.4 Å². The Kier molecular flexibility index (Phi) is 3.66. The molecule has 0 aliphatic rings. The number of nitrogens with zero attached hydrogens (tertiary/aromatic N) is 1. The molecule has 2 nitrogen and oxygen atoms in total. The van der Waals surface area contributed by atoms with Crippen molar-refractivity contribution < 1.29 is 5.11 Å². The van der Waals surface area contributed by atoms with E-state index in [2.05, 4.69) is 40.0 Å². The van der Waals surface area contributed by atoms with Crippen molar-refractivity contribution in [2.75, 3.05) is 0 Å². The highest BCUT2D eigenvalue weighted by Crippen LogP contribution is 2.31. The number of hydrogen-bond donors (Lipinski definition) is 1. The summed E-state index contributed by atoms with van der Waals surface area (Å²) in [6.07, 6.45) is -0.633. The first kappa shape index (κ1) is 12.7. The van der Waals surface area contributed by atoms with Gasteiger partial charge in [-0.15, -0.1) is 11.3 Å². The smallest absolute Gasteiger partial charge is 0.131 e. The van der Waals surface area contributed by atoms with Gasteiger partial charge in [0.05, 0.1) is 0 Å². The molecule has 0 amide bonds. The molecular formula is C13H14BrNOS. The van der Waals surface area contributed by atoms with Crippen LogP contribution < -0.4 is 0 Å². The molecular weight excluding hydrogens is 298 g/mol. The molecule has 1 aromatic heterocycles. The Morgan fingerprint density at radius 1 is 1.24 bits per heavy atom. The van der Waals surface area contributed by atoms with Crippen LogP contribution in [0.4, 0.5) is 0 Å². The lowest BCUT2D eigenvalue weighted by Gasteiger charge is -2.15. The van der Waals surface area contributed by atoms with Crippen molar-refractivity contribution in [1.29, 1.82) is 0 Å². The Bertz CT molecular complexity index is 527. The Morgan fingerprint density at radius 3 is 2.29 bits per heavy atom. The van der Waals surface area contributed by atoms with Crippen LogP contribution in [0.3, 0.4) is 0 Å². The lowest BCUT2D eigenvalue weighted by Crippen LogP contribution is -2.04. The minimum atomic E-state index is -0.633. The standard InChI is InChI=1S/C13H14BrNOS/c1-7-4-8(2)11(9(3)5-7)12(16)13-15-10(14)6-17-13/h4-6,12,16H,1-3H3. The third-order valence-corrected chi connectivity index (χ3v) is 4.35. The van der Waals surface area contributed by atoms with E-state index in [4.69, 9.17) is 0 Å². The SMILES string of the molecule is Cc1cc(C)c(C(O)c2nc(Br)cs2)c(C)c1. The molecule has 1 aromatic carbocycles. The number of aryl methyl sites for hydroxylation is 3. The molecule has 17 heavy (non-hydrogen) atoms. The summed E-state index contributed by atoms with van der Waals surface area (Å²) >= 11 is 4.78. The summed E-state index contributed by atoms with van der Waals surface area (Å²) in [5.41, 5.74) is 4.41. The first-order valence-corrected chi connectivity index (χ1v) is 7.03. The van der Waals surface area contributed by atoms with E-state index in [1.165, 1.54) is 16.9 Å². The predicted octanol–water partition coefficient (Wildman–Crippen LogP) is 3.91. The summed E-state index contributed by atoms with van der Waals surface area (Å²) in [5.74, 6) is 0. The van der Waals surface area contributed by atoms with Crippen LogP contribution in [-0.2, 0) is 0 Å². The van der Waals surface area contributed by atoms with E-state index >= 15 is 0 Å². The molecule has 0 spiro atoms. The summed E-state index contributed by atoms with van der Waals surface area (Å²) in [7, 11) is 0. The molecule has 0 radical (unpaired) electrons. The van der Waals surface area contributed by atoms with Gasteiger partial charge in [0.2, 0.25) is 0 Å². The topological polar surface area (TPSA) is 33.1 Å². The monoisotopic (exact) mass is 311 g/mol. The summed E-state index contributed by atoms with van der Waals surface area (Å²) in [4.78, 5) is 4.28. The number of rotatable bonds is 2. The number of aliphatic hydroxyl groups is 1. The zero-order valence-corrected chi connectivity index (χ0v) is 12.4. The van der Waals surface area contributed by atoms with Crippen molar-refractivity contribution in [3.8, 4) is 0 Å². The molecule has 0 aliphatic carbocycles. The second-order valence-corrected chi connectivity index (χ2v) is 5.93. The van der Waals surface area contributed by atoms with Gasteiger partial charge in [-0.3, -0.25) is 0 Å². The fraction of sp³-hybridized carbons (Fsp3) is 0.308. The zero-order chi connectivity index (χ0) is 12.6. The van der Waals surface area contributed by atoms with Crippen molar-refractivity contribution in [1.82, 2.24) is 4.98 Å². The average Bonchev–Trinajstić information content (AvgIpc) is 2.63. The number of aromatic nitrogens is 1. The van der Waals surface area contributed by atoms with Gasteiger partial charge in [-0.05, 0) is 53.4 Å². The van der Waals surface area contributed by atoms with Crippen LogP contribution in [0.25, 0.3) is 0 Å². The quantitative estimate of drug-likeness (QED) is 0.912. The second-order valence-electron chi connectivity index (χ2n) is 4.22. The van der Waals surface area contributed by atoms with Gasteiger partial charge in [0.15, 0.2) is 0 Å². The van der Waals surface area contributed by atoms with Gasteiger partial charge < -0.3 is 5.11 Å². The first-order valence-electron chi connectivity index (χ1n) is 5.35. The van der Waals surface area contributed by atoms with Crippen LogP contribution in [-0.4, -0.2) is 10.1 Å². The van der Waals surface area contributed by atoms with Crippen molar-refractivity contribution in [2.45, 2.75) is 26.9 Å². The zero-order valence-electron chi connectivity index (χ0n) is 9.99. The van der Waals surface area contributed by atoms with E-state index in [1.807, 2.05) is 19.2 Å². The molecule has 1 heterocycles. The largest absolute Gasteiger partial charge is 0.381 e. The number of thiazole rings is 1. The molecule has 90 valence electrons. The van der Waals surface area contributed by atoms with Crippen LogP contribution in [0.1, 0.15) is 33.4 Å². The van der Waals surface area contributed by atoms with Crippen LogP contribution in [0.15, 0.2) is 22.1 Å². The van der Waals surface area contributed by atoms with E-state index in [1.54, 1.807) is 0 Å². The summed E-state index contributed by atoms with van der Waals surface area (Å²) in [6.45, 7) is 6.12. The average molecular weight is 312 g/mol. The van der Waals surface area contributed by atoms with Gasteiger partial charge in [0.1, 0.15) is 15.7 Å². The van der Waals surface area contributed by atoms with E-state index in [-0.39, 0.29) is 0 Å². The lowest BCUT2D eigenvalue weighted by atomic mass is 9.96. The molecule has 1 unspecified atom stereocenters. The number of aliphatic hydroxyl groups excluding tert-OH is 1. The Labute approximate surface area is 113 Å². The molecule has 4 heteroatoms. The van der Waals surface area contributed by atoms with Gasteiger partial charge in [-0.25, -0.2) is 4.98 Å². The molecule has 0 saturated heterocycles. The van der Waals surface area contributed by atoms with E-state index in [9.17, 15) is 5.11 Å². The highest BCUT2D eigenvalue weighted by atomic mass is 79.9. The molecule has 0 bridgehead atoms. The van der Waals surface area contributed by atoms with E-state index in [0.29, 0.717) is 0 Å². The maximum atomic E-state index is 10.4. The number of halogens is 1. The summed E-state index contributed by atoms with van der Waals surface area (Å²) < 4.78 is 0.777. The van der Waals surface area contributed by atoms with Gasteiger partial charge in [0.25, 0.3) is 0 Å². The maximum Gasteiger partial charge on any atom is 0.131 e. The van der Waals surface area contributed by atoms with Crippen LogP contribution in [0, 0.1) is 20.8 Å². The summed E-state index contributed by atoms with van der Waals surface area (Å²) in [6, 6.07) is 4.18. The van der Waals surface area contributed by atoms with E-state index < -0.39 is 6.10 Å². The lowest BCUT2D eigenvalue weighted by molar-refractivity contribution is 0.218. The maximum absolute atomic E-state index is 10.4. The summed E-state index contributed by atoms with van der Waals surface area (Å²) in [5, 5.41) is 13.0. The normalized spacial score (nSPS) is 12.8. The Balaban J connectivity index is 2.47. The molecule has 1 atom stereocenters. The molecule has 2 aromatic rings. The van der Waals surface area contributed by atoms with Crippen LogP contribution >= 0.6 is 27.3 Å². The molecule has 0 saturated carbocycles. The minimum Gasteiger partial charge on any atom is -0.381 e. The van der Waals surface area contributed by atoms with Crippen molar-refractivity contribution >= 4 is 27.3 Å². The third kappa shape index (κ3) is 2.59. The molecule has 1 N–H and O–H groups in total. The van der Waals surface area contributed by atoms with Crippen LogP contribution in [0.5, 0.6) is 0 Å². The molecule has 0 fully saturated rings. The Hall–Kier alpha value is -0.710.